The van der Waals surface area contributed by atoms with Gasteiger partial charge in [-0.15, -0.1) is 31.4 Å². The van der Waals surface area contributed by atoms with Crippen molar-refractivity contribution in [3.63, 3.8) is 0 Å². The molecule has 1 aromatic carbocycles. The number of H-pyrrole nitrogens is 1. The van der Waals surface area contributed by atoms with Crippen LogP contribution in [0.5, 0.6) is 0 Å². The van der Waals surface area contributed by atoms with Crippen LogP contribution in [0.25, 0.3) is 10.9 Å². The fourth-order valence-corrected chi connectivity index (χ4v) is 3.20. The van der Waals surface area contributed by atoms with E-state index in [9.17, 15) is 0 Å². The SMILES string of the molecule is C=CCC[C@H](c1cccc2[nH]ccc12)N1CCNCC1.Cl.Cl. The van der Waals surface area contributed by atoms with Gasteiger partial charge in [0.1, 0.15) is 0 Å². The minimum Gasteiger partial charge on any atom is -0.361 e. The minimum atomic E-state index is 0. The zero-order valence-corrected chi connectivity index (χ0v) is 14.4. The molecule has 0 spiro atoms. The molecule has 5 heteroatoms. The molecule has 2 aromatic rings. The Balaban J connectivity index is 0.00000121. The fraction of sp³-hybridized carbons (Fsp3) is 0.412. The van der Waals surface area contributed by atoms with Crippen molar-refractivity contribution in [3.8, 4) is 0 Å². The van der Waals surface area contributed by atoms with Crippen LogP contribution in [0, 0.1) is 0 Å². The summed E-state index contributed by atoms with van der Waals surface area (Å²) in [7, 11) is 0. The van der Waals surface area contributed by atoms with Gasteiger partial charge >= 0.3 is 0 Å². The highest BCUT2D eigenvalue weighted by Gasteiger charge is 2.23. The maximum atomic E-state index is 3.89. The summed E-state index contributed by atoms with van der Waals surface area (Å²) in [5, 5.41) is 4.80. The smallest absolute Gasteiger partial charge is 0.0457 e. The molecule has 1 aromatic heterocycles. The van der Waals surface area contributed by atoms with Gasteiger partial charge in [0, 0.05) is 49.3 Å². The highest BCUT2D eigenvalue weighted by molar-refractivity contribution is 5.85. The number of halogens is 2. The van der Waals surface area contributed by atoms with E-state index in [2.05, 4.69) is 46.0 Å². The molecule has 2 heterocycles. The van der Waals surface area contributed by atoms with E-state index in [1.165, 1.54) is 16.5 Å². The average Bonchev–Trinajstić information content (AvgIpc) is 2.98. The van der Waals surface area contributed by atoms with Gasteiger partial charge < -0.3 is 10.3 Å². The maximum absolute atomic E-state index is 3.89. The van der Waals surface area contributed by atoms with Crippen molar-refractivity contribution >= 4 is 35.7 Å². The molecule has 3 rings (SSSR count). The summed E-state index contributed by atoms with van der Waals surface area (Å²) in [6.07, 6.45) is 6.28. The number of hydrogen-bond donors (Lipinski definition) is 2. The van der Waals surface area contributed by atoms with E-state index in [1.54, 1.807) is 0 Å². The van der Waals surface area contributed by atoms with Gasteiger partial charge in [-0.05, 0) is 30.5 Å². The maximum Gasteiger partial charge on any atom is 0.0457 e. The Hall–Kier alpha value is -1.00. The highest BCUT2D eigenvalue weighted by Crippen LogP contribution is 2.31. The first-order valence-electron chi connectivity index (χ1n) is 7.52. The number of nitrogens with zero attached hydrogens (tertiary/aromatic N) is 1. The molecule has 1 atom stereocenters. The van der Waals surface area contributed by atoms with E-state index in [-0.39, 0.29) is 24.8 Å². The molecule has 3 nitrogen and oxygen atoms in total. The van der Waals surface area contributed by atoms with Crippen LogP contribution in [-0.4, -0.2) is 36.1 Å². The van der Waals surface area contributed by atoms with E-state index < -0.39 is 0 Å². The van der Waals surface area contributed by atoms with Crippen molar-refractivity contribution in [2.24, 2.45) is 0 Å². The second kappa shape index (κ2) is 9.21. The Kier molecular flexibility index (Phi) is 7.97. The van der Waals surface area contributed by atoms with Gasteiger partial charge in [-0.1, -0.05) is 18.2 Å². The van der Waals surface area contributed by atoms with Gasteiger partial charge in [0.2, 0.25) is 0 Å². The van der Waals surface area contributed by atoms with Crippen molar-refractivity contribution in [1.82, 2.24) is 15.2 Å². The third kappa shape index (κ3) is 4.05. The van der Waals surface area contributed by atoms with Crippen molar-refractivity contribution < 1.29 is 0 Å². The van der Waals surface area contributed by atoms with E-state index in [0.29, 0.717) is 6.04 Å². The first kappa shape index (κ1) is 19.0. The van der Waals surface area contributed by atoms with Crippen LogP contribution in [0.4, 0.5) is 0 Å². The first-order valence-corrected chi connectivity index (χ1v) is 7.52. The van der Waals surface area contributed by atoms with Crippen molar-refractivity contribution in [2.75, 3.05) is 26.2 Å². The summed E-state index contributed by atoms with van der Waals surface area (Å²) >= 11 is 0. The van der Waals surface area contributed by atoms with Crippen LogP contribution < -0.4 is 5.32 Å². The lowest BCUT2D eigenvalue weighted by molar-refractivity contribution is 0.167. The zero-order valence-electron chi connectivity index (χ0n) is 12.8. The van der Waals surface area contributed by atoms with Crippen LogP contribution in [0.2, 0.25) is 0 Å². The number of aromatic nitrogens is 1. The molecular formula is C17H25Cl2N3. The summed E-state index contributed by atoms with van der Waals surface area (Å²) in [4.78, 5) is 5.94. The number of allylic oxidation sites excluding steroid dienone is 1. The number of rotatable bonds is 5. The number of benzene rings is 1. The molecule has 0 amide bonds. The number of hydrogen-bond acceptors (Lipinski definition) is 2. The summed E-state index contributed by atoms with van der Waals surface area (Å²) in [6, 6.07) is 9.30. The molecule has 0 saturated carbocycles. The number of fused-ring (bicyclic) bond motifs is 1. The van der Waals surface area contributed by atoms with Crippen molar-refractivity contribution in [3.05, 3.63) is 48.7 Å². The number of piperazine rings is 1. The monoisotopic (exact) mass is 341 g/mol. The van der Waals surface area contributed by atoms with Gasteiger partial charge in [0.15, 0.2) is 0 Å². The van der Waals surface area contributed by atoms with Crippen LogP contribution in [-0.2, 0) is 0 Å². The molecule has 0 bridgehead atoms. The van der Waals surface area contributed by atoms with E-state index in [1.807, 2.05) is 12.3 Å². The van der Waals surface area contributed by atoms with Gasteiger partial charge in [-0.2, -0.15) is 0 Å². The Morgan fingerprint density at radius 3 is 2.68 bits per heavy atom. The van der Waals surface area contributed by atoms with Gasteiger partial charge in [0.05, 0.1) is 0 Å². The fourth-order valence-electron chi connectivity index (χ4n) is 3.20. The van der Waals surface area contributed by atoms with Crippen molar-refractivity contribution in [2.45, 2.75) is 18.9 Å². The average molecular weight is 342 g/mol. The normalized spacial score (nSPS) is 16.5. The minimum absolute atomic E-state index is 0. The topological polar surface area (TPSA) is 31.1 Å². The summed E-state index contributed by atoms with van der Waals surface area (Å²) < 4.78 is 0. The Labute approximate surface area is 145 Å². The molecule has 0 radical (unpaired) electrons. The predicted octanol–water partition coefficient (Wildman–Crippen LogP) is 3.92. The Bertz CT molecular complexity index is 576. The van der Waals surface area contributed by atoms with E-state index in [4.69, 9.17) is 0 Å². The number of aromatic amines is 1. The van der Waals surface area contributed by atoms with Crippen molar-refractivity contribution in [1.29, 1.82) is 0 Å². The molecule has 1 fully saturated rings. The van der Waals surface area contributed by atoms with Crippen LogP contribution >= 0.6 is 24.8 Å². The third-order valence-corrected chi connectivity index (χ3v) is 4.22. The standard InChI is InChI=1S/C17H23N3.2ClH/c1-2-3-7-17(20-12-10-18-11-13-20)15-5-4-6-16-14(15)8-9-19-16;;/h2,4-6,8-9,17-19H,1,3,7,10-13H2;2*1H/t17-;;/m1../s1. The number of nitrogens with one attached hydrogen (secondary N) is 2. The van der Waals surface area contributed by atoms with E-state index in [0.717, 1.165) is 39.0 Å². The predicted molar refractivity (Wildman–Crippen MR) is 99.4 cm³/mol. The second-order valence-electron chi connectivity index (χ2n) is 5.45. The van der Waals surface area contributed by atoms with E-state index >= 15 is 0 Å². The second-order valence-corrected chi connectivity index (χ2v) is 5.45. The Morgan fingerprint density at radius 2 is 1.95 bits per heavy atom. The zero-order chi connectivity index (χ0) is 13.8. The molecule has 0 aliphatic carbocycles. The van der Waals surface area contributed by atoms with Crippen LogP contribution in [0.15, 0.2) is 43.1 Å². The molecule has 22 heavy (non-hydrogen) atoms. The molecule has 1 aliphatic heterocycles. The van der Waals surface area contributed by atoms with Gasteiger partial charge in [-0.25, -0.2) is 0 Å². The highest BCUT2D eigenvalue weighted by atomic mass is 35.5. The summed E-state index contributed by atoms with van der Waals surface area (Å²) in [5.74, 6) is 0. The lowest BCUT2D eigenvalue weighted by Gasteiger charge is -2.35. The summed E-state index contributed by atoms with van der Waals surface area (Å²) in [6.45, 7) is 8.32. The first-order chi connectivity index (χ1) is 9.90. The molecule has 1 aliphatic rings. The molecule has 122 valence electrons. The molecule has 2 N–H and O–H groups in total. The molecule has 1 saturated heterocycles. The quantitative estimate of drug-likeness (QED) is 0.807. The van der Waals surface area contributed by atoms with Crippen LogP contribution in [0.3, 0.4) is 0 Å². The Morgan fingerprint density at radius 1 is 1.18 bits per heavy atom. The van der Waals surface area contributed by atoms with Gasteiger partial charge in [-0.3, -0.25) is 4.90 Å². The summed E-state index contributed by atoms with van der Waals surface area (Å²) in [5.41, 5.74) is 2.69. The largest absolute Gasteiger partial charge is 0.361 e. The third-order valence-electron chi connectivity index (χ3n) is 4.22. The van der Waals surface area contributed by atoms with Gasteiger partial charge in [0.25, 0.3) is 0 Å². The molecular weight excluding hydrogens is 317 g/mol. The van der Waals surface area contributed by atoms with Crippen LogP contribution in [0.1, 0.15) is 24.4 Å². The molecule has 0 unspecified atom stereocenters. The lowest BCUT2D eigenvalue weighted by Crippen LogP contribution is -2.45. The lowest BCUT2D eigenvalue weighted by atomic mass is 9.96.